The number of nitrogens with zero attached hydrogens (tertiary/aromatic N) is 2. The number of rotatable bonds is 6. The molecule has 25 heavy (non-hydrogen) atoms. The van der Waals surface area contributed by atoms with Gasteiger partial charge < -0.3 is 9.42 Å². The maximum atomic E-state index is 12.7. The molecular formula is C17H23N3O4S. The van der Waals surface area contributed by atoms with Crippen molar-refractivity contribution in [1.82, 2.24) is 14.8 Å². The fraction of sp³-hybridized carbons (Fsp3) is 0.412. The third kappa shape index (κ3) is 4.46. The Morgan fingerprint density at radius 3 is 2.56 bits per heavy atom. The lowest BCUT2D eigenvalue weighted by Gasteiger charge is -2.18. The van der Waals surface area contributed by atoms with E-state index in [9.17, 15) is 13.2 Å². The molecule has 0 atom stereocenters. The molecule has 1 N–H and O–H groups in total. The summed E-state index contributed by atoms with van der Waals surface area (Å²) in [6.07, 6.45) is 0. The van der Waals surface area contributed by atoms with Gasteiger partial charge in [0.15, 0.2) is 0 Å². The minimum Gasteiger partial charge on any atom is -0.361 e. The second kappa shape index (κ2) is 7.37. The number of benzene rings is 1. The normalized spacial score (nSPS) is 11.8. The lowest BCUT2D eigenvalue weighted by Crippen LogP contribution is -2.31. The average Bonchev–Trinajstić information content (AvgIpc) is 2.85. The third-order valence-electron chi connectivity index (χ3n) is 3.71. The van der Waals surface area contributed by atoms with Gasteiger partial charge in [0.1, 0.15) is 5.76 Å². The lowest BCUT2D eigenvalue weighted by atomic mass is 10.1. The molecule has 8 heteroatoms. The molecule has 2 rings (SSSR count). The smallest absolute Gasteiger partial charge is 0.253 e. The topological polar surface area (TPSA) is 92.5 Å². The van der Waals surface area contributed by atoms with E-state index in [4.69, 9.17) is 4.52 Å². The molecule has 0 radical (unpaired) electrons. The van der Waals surface area contributed by atoms with E-state index in [1.54, 1.807) is 40.0 Å². The standard InChI is InChI=1S/C17H23N3O4S/c1-11(2)19-25(22,23)15-8-6-7-14(9-15)17(21)20(5)10-16-12(3)18-24-13(16)4/h6-9,11,19H,10H2,1-5H3. The van der Waals surface area contributed by atoms with Crippen LogP contribution in [-0.4, -0.2) is 37.5 Å². The van der Waals surface area contributed by atoms with E-state index in [1.807, 2.05) is 6.92 Å². The van der Waals surface area contributed by atoms with Crippen LogP contribution in [0.3, 0.4) is 0 Å². The van der Waals surface area contributed by atoms with Gasteiger partial charge in [-0.3, -0.25) is 4.79 Å². The zero-order valence-electron chi connectivity index (χ0n) is 15.0. The molecule has 1 amide bonds. The summed E-state index contributed by atoms with van der Waals surface area (Å²) in [7, 11) is -2.00. The number of nitrogens with one attached hydrogen (secondary N) is 1. The quantitative estimate of drug-likeness (QED) is 0.847. The summed E-state index contributed by atoms with van der Waals surface area (Å²) >= 11 is 0. The predicted molar refractivity (Wildman–Crippen MR) is 93.7 cm³/mol. The predicted octanol–water partition coefficient (Wildman–Crippen LogP) is 2.25. The molecule has 7 nitrogen and oxygen atoms in total. The highest BCUT2D eigenvalue weighted by Crippen LogP contribution is 2.17. The van der Waals surface area contributed by atoms with Gasteiger partial charge >= 0.3 is 0 Å². The van der Waals surface area contributed by atoms with E-state index in [1.165, 1.54) is 17.0 Å². The first-order valence-corrected chi connectivity index (χ1v) is 9.39. The van der Waals surface area contributed by atoms with Gasteiger partial charge in [0, 0.05) is 24.2 Å². The molecule has 1 aromatic heterocycles. The molecule has 136 valence electrons. The number of carbonyl (C=O) groups is 1. The largest absolute Gasteiger partial charge is 0.361 e. The number of aromatic nitrogens is 1. The van der Waals surface area contributed by atoms with Crippen LogP contribution in [0.2, 0.25) is 0 Å². The van der Waals surface area contributed by atoms with E-state index >= 15 is 0 Å². The molecule has 0 saturated heterocycles. The highest BCUT2D eigenvalue weighted by atomic mass is 32.2. The van der Waals surface area contributed by atoms with Gasteiger partial charge in [-0.15, -0.1) is 0 Å². The Labute approximate surface area is 148 Å². The second-order valence-corrected chi connectivity index (χ2v) is 7.98. The number of hydrogen-bond donors (Lipinski definition) is 1. The van der Waals surface area contributed by atoms with Gasteiger partial charge in [0.05, 0.1) is 17.1 Å². The molecule has 0 bridgehead atoms. The number of amides is 1. The van der Waals surface area contributed by atoms with Gasteiger partial charge in [-0.1, -0.05) is 11.2 Å². The van der Waals surface area contributed by atoms with Crippen LogP contribution in [0.1, 0.15) is 41.2 Å². The number of aryl methyl sites for hydroxylation is 2. The van der Waals surface area contributed by atoms with Gasteiger partial charge in [-0.2, -0.15) is 0 Å². The van der Waals surface area contributed by atoms with Crippen LogP contribution >= 0.6 is 0 Å². The molecule has 0 fully saturated rings. The van der Waals surface area contributed by atoms with Gasteiger partial charge in [0.2, 0.25) is 10.0 Å². The maximum Gasteiger partial charge on any atom is 0.253 e. The van der Waals surface area contributed by atoms with Gasteiger partial charge in [-0.25, -0.2) is 13.1 Å². The summed E-state index contributed by atoms with van der Waals surface area (Å²) in [6.45, 7) is 7.42. The monoisotopic (exact) mass is 365 g/mol. The molecule has 2 aromatic rings. The summed E-state index contributed by atoms with van der Waals surface area (Å²) in [5.41, 5.74) is 1.89. The Morgan fingerprint density at radius 1 is 1.32 bits per heavy atom. The molecule has 1 aromatic carbocycles. The van der Waals surface area contributed by atoms with E-state index in [2.05, 4.69) is 9.88 Å². The fourth-order valence-electron chi connectivity index (χ4n) is 2.43. The van der Waals surface area contributed by atoms with Gasteiger partial charge in [0.25, 0.3) is 5.91 Å². The first kappa shape index (κ1) is 19.1. The van der Waals surface area contributed by atoms with Crippen LogP contribution in [0, 0.1) is 13.8 Å². The molecule has 0 unspecified atom stereocenters. The van der Waals surface area contributed by atoms with E-state index in [-0.39, 0.29) is 16.8 Å². The first-order valence-electron chi connectivity index (χ1n) is 7.91. The van der Waals surface area contributed by atoms with Crippen molar-refractivity contribution in [2.75, 3.05) is 7.05 Å². The van der Waals surface area contributed by atoms with E-state index < -0.39 is 10.0 Å². The van der Waals surface area contributed by atoms with Crippen molar-refractivity contribution in [2.24, 2.45) is 0 Å². The number of sulfonamides is 1. The minimum atomic E-state index is -3.65. The summed E-state index contributed by atoms with van der Waals surface area (Å²) in [6, 6.07) is 5.78. The van der Waals surface area contributed by atoms with Crippen LogP contribution in [0.4, 0.5) is 0 Å². The highest BCUT2D eigenvalue weighted by molar-refractivity contribution is 7.89. The fourth-order valence-corrected chi connectivity index (χ4v) is 3.73. The molecule has 0 aliphatic carbocycles. The van der Waals surface area contributed by atoms with E-state index in [0.717, 1.165) is 11.3 Å². The zero-order chi connectivity index (χ0) is 18.8. The molecular weight excluding hydrogens is 342 g/mol. The summed E-state index contributed by atoms with van der Waals surface area (Å²) in [4.78, 5) is 14.2. The van der Waals surface area contributed by atoms with Crippen molar-refractivity contribution in [2.45, 2.75) is 45.2 Å². The van der Waals surface area contributed by atoms with E-state index in [0.29, 0.717) is 17.9 Å². The minimum absolute atomic E-state index is 0.0674. The maximum absolute atomic E-state index is 12.7. The first-order chi connectivity index (χ1) is 11.6. The third-order valence-corrected chi connectivity index (χ3v) is 5.36. The Kier molecular flexibility index (Phi) is 5.64. The molecule has 1 heterocycles. The van der Waals surface area contributed by atoms with Crippen molar-refractivity contribution >= 4 is 15.9 Å². The van der Waals surface area contributed by atoms with Crippen LogP contribution in [-0.2, 0) is 16.6 Å². The van der Waals surface area contributed by atoms with Crippen LogP contribution in [0.15, 0.2) is 33.7 Å². The van der Waals surface area contributed by atoms with Crippen LogP contribution in [0.5, 0.6) is 0 Å². The lowest BCUT2D eigenvalue weighted by molar-refractivity contribution is 0.0784. The average molecular weight is 365 g/mol. The Morgan fingerprint density at radius 2 is 2.00 bits per heavy atom. The zero-order valence-corrected chi connectivity index (χ0v) is 15.8. The van der Waals surface area contributed by atoms with Gasteiger partial charge in [-0.05, 0) is 45.9 Å². The number of carbonyl (C=O) groups excluding carboxylic acids is 1. The van der Waals surface area contributed by atoms with Crippen molar-refractivity contribution in [3.63, 3.8) is 0 Å². The van der Waals surface area contributed by atoms with Crippen molar-refractivity contribution in [1.29, 1.82) is 0 Å². The summed E-state index contributed by atoms with van der Waals surface area (Å²) in [5.74, 6) is 0.385. The Bertz CT molecular complexity index is 852. The summed E-state index contributed by atoms with van der Waals surface area (Å²) in [5, 5.41) is 3.87. The Balaban J connectivity index is 2.24. The SMILES string of the molecule is Cc1noc(C)c1CN(C)C(=O)c1cccc(S(=O)(=O)NC(C)C)c1. The molecule has 0 aliphatic heterocycles. The molecule has 0 aliphatic rings. The van der Waals surface area contributed by atoms with Crippen molar-refractivity contribution in [3.05, 3.63) is 46.8 Å². The van der Waals surface area contributed by atoms with Crippen molar-refractivity contribution < 1.29 is 17.7 Å². The van der Waals surface area contributed by atoms with Crippen LogP contribution < -0.4 is 4.72 Å². The second-order valence-electron chi connectivity index (χ2n) is 6.27. The van der Waals surface area contributed by atoms with Crippen LogP contribution in [0.25, 0.3) is 0 Å². The Hall–Kier alpha value is -2.19. The summed E-state index contributed by atoms with van der Waals surface area (Å²) < 4.78 is 32.2. The number of hydrogen-bond acceptors (Lipinski definition) is 5. The highest BCUT2D eigenvalue weighted by Gasteiger charge is 2.20. The molecule has 0 saturated carbocycles. The molecule has 0 spiro atoms. The van der Waals surface area contributed by atoms with Crippen molar-refractivity contribution in [3.8, 4) is 0 Å².